The minimum absolute atomic E-state index is 0.109. The van der Waals surface area contributed by atoms with Crippen LogP contribution in [-0.2, 0) is 17.8 Å². The summed E-state index contributed by atoms with van der Waals surface area (Å²) in [7, 11) is 4.22. The summed E-state index contributed by atoms with van der Waals surface area (Å²) >= 11 is 0. The van der Waals surface area contributed by atoms with Crippen molar-refractivity contribution in [3.05, 3.63) is 34.5 Å². The van der Waals surface area contributed by atoms with Crippen molar-refractivity contribution in [1.29, 1.82) is 0 Å². The summed E-state index contributed by atoms with van der Waals surface area (Å²) < 4.78 is 0. The van der Waals surface area contributed by atoms with Crippen LogP contribution in [0.15, 0.2) is 12.1 Å². The van der Waals surface area contributed by atoms with Crippen LogP contribution < -0.4 is 5.32 Å². The lowest BCUT2D eigenvalue weighted by Crippen LogP contribution is -2.38. The van der Waals surface area contributed by atoms with Gasteiger partial charge in [-0.1, -0.05) is 18.6 Å². The number of rotatable bonds is 6. The number of carbonyl (C=O) groups is 1. The second-order valence-electron chi connectivity index (χ2n) is 7.85. The Labute approximate surface area is 156 Å². The number of aromatic nitrogens is 1. The summed E-state index contributed by atoms with van der Waals surface area (Å²) in [6.07, 6.45) is 2.13. The number of nitrogens with zero attached hydrogens (tertiary/aromatic N) is 2. The predicted molar refractivity (Wildman–Crippen MR) is 108 cm³/mol. The van der Waals surface area contributed by atoms with Gasteiger partial charge in [-0.05, 0) is 58.0 Å². The van der Waals surface area contributed by atoms with Gasteiger partial charge >= 0.3 is 0 Å². The molecule has 1 atom stereocenters. The fourth-order valence-corrected chi connectivity index (χ4v) is 4.04. The van der Waals surface area contributed by atoms with Gasteiger partial charge in [-0.3, -0.25) is 9.69 Å². The van der Waals surface area contributed by atoms with Crippen molar-refractivity contribution in [3.63, 3.8) is 0 Å². The fourth-order valence-electron chi connectivity index (χ4n) is 4.04. The molecule has 5 nitrogen and oxygen atoms in total. The lowest BCUT2D eigenvalue weighted by Gasteiger charge is -2.20. The van der Waals surface area contributed by atoms with Gasteiger partial charge in [-0.25, -0.2) is 0 Å². The van der Waals surface area contributed by atoms with Crippen molar-refractivity contribution >= 4 is 16.8 Å². The number of amides is 1. The molecule has 1 aromatic carbocycles. The fraction of sp³-hybridized carbons (Fsp3) is 0.571. The van der Waals surface area contributed by atoms with Crippen LogP contribution in [0.25, 0.3) is 10.9 Å². The highest BCUT2D eigenvalue weighted by molar-refractivity contribution is 5.88. The number of aryl methyl sites for hydroxylation is 3. The minimum atomic E-state index is 0.109. The van der Waals surface area contributed by atoms with E-state index in [1.165, 1.54) is 33.3 Å². The number of nitrogens with one attached hydrogen (secondary N) is 2. The van der Waals surface area contributed by atoms with Crippen LogP contribution in [0.5, 0.6) is 0 Å². The SMILES string of the molecule is CCc1[nH]c2c(CNC(=O)CN3CCC(N(C)C)C3)cc(C)cc2c1C. The second-order valence-corrected chi connectivity index (χ2v) is 7.85. The van der Waals surface area contributed by atoms with E-state index in [0.29, 0.717) is 19.1 Å². The zero-order valence-corrected chi connectivity index (χ0v) is 16.8. The third-order valence-corrected chi connectivity index (χ3v) is 5.67. The van der Waals surface area contributed by atoms with Crippen molar-refractivity contribution in [2.45, 2.75) is 46.2 Å². The van der Waals surface area contributed by atoms with Gasteiger partial charge in [-0.15, -0.1) is 0 Å². The van der Waals surface area contributed by atoms with E-state index in [2.05, 4.69) is 67.1 Å². The van der Waals surface area contributed by atoms with Gasteiger partial charge in [0, 0.05) is 36.8 Å². The minimum Gasteiger partial charge on any atom is -0.358 e. The van der Waals surface area contributed by atoms with Gasteiger partial charge in [0.15, 0.2) is 0 Å². The van der Waals surface area contributed by atoms with E-state index in [0.717, 1.165) is 25.9 Å². The van der Waals surface area contributed by atoms with Crippen molar-refractivity contribution < 1.29 is 4.79 Å². The molecule has 1 saturated heterocycles. The third-order valence-electron chi connectivity index (χ3n) is 5.67. The summed E-state index contributed by atoms with van der Waals surface area (Å²) in [5.41, 5.74) is 6.18. The smallest absolute Gasteiger partial charge is 0.234 e. The van der Waals surface area contributed by atoms with Crippen LogP contribution in [0, 0.1) is 13.8 Å². The monoisotopic (exact) mass is 356 g/mol. The molecule has 2 heterocycles. The molecular formula is C21H32N4O. The number of H-pyrrole nitrogens is 1. The number of likely N-dealkylation sites (tertiary alicyclic amines) is 1. The van der Waals surface area contributed by atoms with Gasteiger partial charge < -0.3 is 15.2 Å². The molecule has 26 heavy (non-hydrogen) atoms. The van der Waals surface area contributed by atoms with Crippen LogP contribution >= 0.6 is 0 Å². The molecule has 1 unspecified atom stereocenters. The van der Waals surface area contributed by atoms with Gasteiger partial charge in [0.25, 0.3) is 0 Å². The van der Waals surface area contributed by atoms with E-state index in [4.69, 9.17) is 0 Å². The van der Waals surface area contributed by atoms with Crippen LogP contribution in [0.4, 0.5) is 0 Å². The largest absolute Gasteiger partial charge is 0.358 e. The van der Waals surface area contributed by atoms with Gasteiger partial charge in [0.1, 0.15) is 0 Å². The Balaban J connectivity index is 1.65. The van der Waals surface area contributed by atoms with Crippen LogP contribution in [-0.4, -0.2) is 60.5 Å². The molecule has 0 aliphatic carbocycles. The average molecular weight is 357 g/mol. The van der Waals surface area contributed by atoms with Crippen LogP contribution in [0.2, 0.25) is 0 Å². The first-order chi connectivity index (χ1) is 12.4. The summed E-state index contributed by atoms with van der Waals surface area (Å²) in [5, 5.41) is 4.40. The average Bonchev–Trinajstić information content (AvgIpc) is 3.18. The highest BCUT2D eigenvalue weighted by Gasteiger charge is 2.25. The van der Waals surface area contributed by atoms with E-state index in [1.807, 2.05) is 0 Å². The zero-order valence-electron chi connectivity index (χ0n) is 16.8. The summed E-state index contributed by atoms with van der Waals surface area (Å²) in [6, 6.07) is 4.97. The van der Waals surface area contributed by atoms with E-state index >= 15 is 0 Å². The Bertz CT molecular complexity index is 793. The first-order valence-corrected chi connectivity index (χ1v) is 9.65. The summed E-state index contributed by atoms with van der Waals surface area (Å²) in [5.74, 6) is 0.109. The van der Waals surface area contributed by atoms with E-state index in [1.54, 1.807) is 0 Å². The van der Waals surface area contributed by atoms with Gasteiger partial charge in [0.05, 0.1) is 12.1 Å². The maximum atomic E-state index is 12.4. The van der Waals surface area contributed by atoms with Crippen LogP contribution in [0.1, 0.15) is 35.7 Å². The van der Waals surface area contributed by atoms with E-state index < -0.39 is 0 Å². The molecule has 1 aliphatic rings. The Morgan fingerprint density at radius 3 is 2.77 bits per heavy atom. The molecule has 0 radical (unpaired) electrons. The molecule has 5 heteroatoms. The van der Waals surface area contributed by atoms with Crippen molar-refractivity contribution in [3.8, 4) is 0 Å². The van der Waals surface area contributed by atoms with E-state index in [9.17, 15) is 4.79 Å². The molecule has 1 aromatic heterocycles. The maximum absolute atomic E-state index is 12.4. The highest BCUT2D eigenvalue weighted by atomic mass is 16.2. The number of hydrogen-bond donors (Lipinski definition) is 2. The molecule has 0 bridgehead atoms. The number of likely N-dealkylation sites (N-methyl/N-ethyl adjacent to an activating group) is 1. The first kappa shape index (κ1) is 18.9. The maximum Gasteiger partial charge on any atom is 0.234 e. The predicted octanol–water partition coefficient (Wildman–Crippen LogP) is 2.60. The number of fused-ring (bicyclic) bond motifs is 1. The lowest BCUT2D eigenvalue weighted by atomic mass is 10.0. The summed E-state index contributed by atoms with van der Waals surface area (Å²) in [6.45, 7) is 9.51. The standard InChI is InChI=1S/C21H32N4O/c1-6-19-15(3)18-10-14(2)9-16(21(18)23-19)11-22-20(26)13-25-8-7-17(12-25)24(4)5/h9-10,17,23H,6-8,11-13H2,1-5H3,(H,22,26). The molecule has 1 aliphatic heterocycles. The molecule has 1 fully saturated rings. The molecule has 0 spiro atoms. The number of benzene rings is 1. The Morgan fingerprint density at radius 2 is 2.12 bits per heavy atom. The number of aromatic amines is 1. The topological polar surface area (TPSA) is 51.4 Å². The Morgan fingerprint density at radius 1 is 1.35 bits per heavy atom. The quantitative estimate of drug-likeness (QED) is 0.836. The number of carbonyl (C=O) groups excluding carboxylic acids is 1. The molecule has 0 saturated carbocycles. The zero-order chi connectivity index (χ0) is 18.8. The lowest BCUT2D eigenvalue weighted by molar-refractivity contribution is -0.122. The highest BCUT2D eigenvalue weighted by Crippen LogP contribution is 2.26. The third kappa shape index (κ3) is 3.94. The van der Waals surface area contributed by atoms with Crippen molar-refractivity contribution in [2.75, 3.05) is 33.7 Å². The molecule has 3 rings (SSSR count). The van der Waals surface area contributed by atoms with Crippen molar-refractivity contribution in [1.82, 2.24) is 20.1 Å². The second kappa shape index (κ2) is 7.80. The van der Waals surface area contributed by atoms with Crippen LogP contribution in [0.3, 0.4) is 0 Å². The Kier molecular flexibility index (Phi) is 5.68. The van der Waals surface area contributed by atoms with Gasteiger partial charge in [-0.2, -0.15) is 0 Å². The molecular weight excluding hydrogens is 324 g/mol. The molecule has 2 aromatic rings. The van der Waals surface area contributed by atoms with Crippen molar-refractivity contribution in [2.24, 2.45) is 0 Å². The molecule has 142 valence electrons. The Hall–Kier alpha value is -1.85. The van der Waals surface area contributed by atoms with Gasteiger partial charge in [0.2, 0.25) is 5.91 Å². The summed E-state index contributed by atoms with van der Waals surface area (Å²) in [4.78, 5) is 20.5. The first-order valence-electron chi connectivity index (χ1n) is 9.65. The number of hydrogen-bond acceptors (Lipinski definition) is 3. The normalized spacial score (nSPS) is 18.2. The molecule has 2 N–H and O–H groups in total. The molecule has 1 amide bonds. The van der Waals surface area contributed by atoms with E-state index in [-0.39, 0.29) is 5.91 Å².